The van der Waals surface area contributed by atoms with Crippen LogP contribution in [0.15, 0.2) is 29.6 Å². The quantitative estimate of drug-likeness (QED) is 0.184. The third kappa shape index (κ3) is 5.66. The molecule has 3 fully saturated rings. The summed E-state index contributed by atoms with van der Waals surface area (Å²) in [4.78, 5) is 47.7. The van der Waals surface area contributed by atoms with E-state index in [1.807, 2.05) is 0 Å². The molecule has 1 aromatic carbocycles. The Balaban J connectivity index is 1.21. The zero-order chi connectivity index (χ0) is 32.7. The summed E-state index contributed by atoms with van der Waals surface area (Å²) in [5.74, 6) is -0.311. The van der Waals surface area contributed by atoms with Gasteiger partial charge in [0.1, 0.15) is 30.5 Å². The molecule has 248 valence electrons. The lowest BCUT2D eigenvalue weighted by Gasteiger charge is -2.25. The molecule has 19 nitrogen and oxygen atoms in total. The number of phosphoric acid groups is 2. The summed E-state index contributed by atoms with van der Waals surface area (Å²) in [6.07, 6.45) is -11.5. The molecule has 0 radical (unpaired) electrons. The number of anilines is 1. The Morgan fingerprint density at radius 1 is 0.957 bits per heavy atom. The maximum absolute atomic E-state index is 15.9. The maximum atomic E-state index is 15.9. The number of fused-ring (bicyclic) bond motifs is 5. The molecule has 0 aliphatic carbocycles. The van der Waals surface area contributed by atoms with Gasteiger partial charge in [0.2, 0.25) is 5.95 Å². The van der Waals surface area contributed by atoms with Crippen molar-refractivity contribution in [2.75, 3.05) is 18.9 Å². The van der Waals surface area contributed by atoms with Crippen molar-refractivity contribution in [3.8, 4) is 0 Å². The fourth-order valence-corrected chi connectivity index (χ4v) is 7.63. The van der Waals surface area contributed by atoms with E-state index in [0.29, 0.717) is 11.0 Å². The number of alkyl halides is 1. The van der Waals surface area contributed by atoms with Crippen molar-refractivity contribution in [3.05, 3.63) is 45.2 Å². The topological polar surface area (TPSA) is 258 Å². The number of nitrogens with two attached hydrogens (primary N) is 1. The first-order valence-electron chi connectivity index (χ1n) is 13.2. The molecule has 2 bridgehead atoms. The van der Waals surface area contributed by atoms with Gasteiger partial charge in [-0.2, -0.15) is 4.98 Å². The first-order valence-corrected chi connectivity index (χ1v) is 16.9. The van der Waals surface area contributed by atoms with Crippen LogP contribution in [0.4, 0.5) is 10.3 Å². The van der Waals surface area contributed by atoms with Crippen LogP contribution in [0.25, 0.3) is 22.2 Å². The zero-order valence-electron chi connectivity index (χ0n) is 22.7. The Hall–Kier alpha value is -2.55. The van der Waals surface area contributed by atoms with Crippen molar-refractivity contribution < 1.29 is 56.0 Å². The van der Waals surface area contributed by atoms with Crippen LogP contribution in [0.3, 0.4) is 0 Å². The third-order valence-corrected chi connectivity index (χ3v) is 10.2. The van der Waals surface area contributed by atoms with E-state index in [2.05, 4.69) is 19.9 Å². The molecule has 3 saturated heterocycles. The molecule has 4 aromatic rings. The number of aromatic nitrogens is 6. The highest BCUT2D eigenvalue weighted by atomic mass is 35.5. The molecule has 6 heterocycles. The summed E-state index contributed by atoms with van der Waals surface area (Å²) in [6, 6.07) is 2.90. The summed E-state index contributed by atoms with van der Waals surface area (Å²) in [5.41, 5.74) is 5.17. The maximum Gasteiger partial charge on any atom is 0.472 e. The largest absolute Gasteiger partial charge is 0.472 e. The van der Waals surface area contributed by atoms with E-state index < -0.39 is 83.6 Å². The van der Waals surface area contributed by atoms with Gasteiger partial charge >= 0.3 is 15.6 Å². The predicted octanol–water partition coefficient (Wildman–Crippen LogP) is 1.57. The van der Waals surface area contributed by atoms with Crippen molar-refractivity contribution >= 4 is 67.0 Å². The number of hydrogen-bond donors (Lipinski definition) is 5. The number of H-pyrrole nitrogens is 1. The summed E-state index contributed by atoms with van der Waals surface area (Å²) in [7, 11) is -10.3. The Morgan fingerprint density at radius 3 is 2.33 bits per heavy atom. The lowest BCUT2D eigenvalue weighted by molar-refractivity contribution is -0.0669. The fourth-order valence-electron chi connectivity index (χ4n) is 5.43. The van der Waals surface area contributed by atoms with E-state index in [0.717, 1.165) is 10.9 Å². The smallest absolute Gasteiger partial charge is 0.387 e. The molecule has 46 heavy (non-hydrogen) atoms. The molecule has 10 unspecified atom stereocenters. The third-order valence-electron chi connectivity index (χ3n) is 7.51. The number of rotatable bonds is 2. The van der Waals surface area contributed by atoms with E-state index in [4.69, 9.17) is 56.5 Å². The van der Waals surface area contributed by atoms with Crippen molar-refractivity contribution in [2.24, 2.45) is 0 Å². The molecule has 3 aromatic heterocycles. The summed E-state index contributed by atoms with van der Waals surface area (Å²) in [6.45, 7) is -1.75. The van der Waals surface area contributed by atoms with Crippen LogP contribution < -0.4 is 11.3 Å². The second-order valence-corrected chi connectivity index (χ2v) is 14.0. The second kappa shape index (κ2) is 11.6. The van der Waals surface area contributed by atoms with Crippen LogP contribution in [0.2, 0.25) is 10.0 Å². The van der Waals surface area contributed by atoms with Gasteiger partial charge in [0.25, 0.3) is 5.56 Å². The number of phosphoric ester groups is 2. The van der Waals surface area contributed by atoms with Gasteiger partial charge in [0.15, 0.2) is 29.8 Å². The molecule has 3 aliphatic heterocycles. The first kappa shape index (κ1) is 32.0. The number of aliphatic hydroxyl groups is 1. The van der Waals surface area contributed by atoms with Crippen LogP contribution in [-0.2, 0) is 36.7 Å². The SMILES string of the molecule is Nc1nc2c(ncn2C2OC3COP(=O)(O)OC4C(O)C(COP(=O)(O)OC3C2F)OC4n2cnc3cc(Cl)c(Cl)cc32)c(=O)[nH]1. The van der Waals surface area contributed by atoms with Gasteiger partial charge in [-0.1, -0.05) is 23.2 Å². The van der Waals surface area contributed by atoms with Gasteiger partial charge in [-0.3, -0.25) is 32.4 Å². The van der Waals surface area contributed by atoms with E-state index in [1.54, 1.807) is 0 Å². The Labute approximate surface area is 265 Å². The average Bonchev–Trinajstić information content (AvgIpc) is 3.72. The number of aliphatic hydroxyl groups excluding tert-OH is 1. The molecule has 3 aliphatic rings. The highest BCUT2D eigenvalue weighted by molar-refractivity contribution is 7.47. The summed E-state index contributed by atoms with van der Waals surface area (Å²) >= 11 is 12.2. The number of nitrogen functional groups attached to an aromatic ring is 1. The molecular formula is C22H22Cl2FN7O12P2. The fraction of sp³-hybridized carbons (Fsp3) is 0.455. The van der Waals surface area contributed by atoms with Crippen LogP contribution in [0.1, 0.15) is 12.5 Å². The number of benzene rings is 1. The number of ether oxygens (including phenoxy) is 2. The Kier molecular flexibility index (Phi) is 8.04. The molecule has 10 atom stereocenters. The number of halogens is 3. The van der Waals surface area contributed by atoms with Crippen molar-refractivity contribution in [1.82, 2.24) is 29.1 Å². The molecule has 24 heteroatoms. The van der Waals surface area contributed by atoms with Crippen LogP contribution >= 0.6 is 38.8 Å². The number of nitrogens with zero attached hydrogens (tertiary/aromatic N) is 5. The van der Waals surface area contributed by atoms with E-state index in [-0.39, 0.29) is 27.2 Å². The predicted molar refractivity (Wildman–Crippen MR) is 152 cm³/mol. The zero-order valence-corrected chi connectivity index (χ0v) is 26.0. The number of nitrogens with one attached hydrogen (secondary N) is 1. The van der Waals surface area contributed by atoms with Crippen LogP contribution in [0, 0.1) is 0 Å². The minimum absolute atomic E-state index is 0.147. The van der Waals surface area contributed by atoms with Gasteiger partial charge in [-0.25, -0.2) is 23.5 Å². The van der Waals surface area contributed by atoms with Gasteiger partial charge in [0, 0.05) is 0 Å². The first-order chi connectivity index (χ1) is 21.7. The molecule has 6 N–H and O–H groups in total. The minimum Gasteiger partial charge on any atom is -0.387 e. The highest BCUT2D eigenvalue weighted by Crippen LogP contribution is 2.54. The van der Waals surface area contributed by atoms with Crippen molar-refractivity contribution in [2.45, 2.75) is 49.1 Å². The minimum atomic E-state index is -5.15. The lowest BCUT2D eigenvalue weighted by Crippen LogP contribution is -2.35. The van der Waals surface area contributed by atoms with Crippen molar-refractivity contribution in [1.29, 1.82) is 0 Å². The number of hydrogen-bond acceptors (Lipinski definition) is 14. The monoisotopic (exact) mass is 727 g/mol. The summed E-state index contributed by atoms with van der Waals surface area (Å²) in [5, 5.41) is 11.4. The van der Waals surface area contributed by atoms with Crippen LogP contribution in [0.5, 0.6) is 0 Å². The second-order valence-electron chi connectivity index (χ2n) is 10.4. The molecule has 0 saturated carbocycles. The van der Waals surface area contributed by atoms with E-state index in [9.17, 15) is 28.8 Å². The summed E-state index contributed by atoms with van der Waals surface area (Å²) < 4.78 is 76.7. The van der Waals surface area contributed by atoms with E-state index in [1.165, 1.54) is 23.0 Å². The Bertz CT molecular complexity index is 2000. The van der Waals surface area contributed by atoms with E-state index >= 15 is 4.39 Å². The molecule has 7 rings (SSSR count). The molecule has 0 spiro atoms. The normalized spacial score (nSPS) is 37.2. The number of aromatic amines is 1. The highest BCUT2D eigenvalue weighted by Gasteiger charge is 2.54. The van der Waals surface area contributed by atoms with Gasteiger partial charge < -0.3 is 34.7 Å². The van der Waals surface area contributed by atoms with Gasteiger partial charge in [-0.15, -0.1) is 0 Å². The van der Waals surface area contributed by atoms with Gasteiger partial charge in [0.05, 0.1) is 46.9 Å². The Morgan fingerprint density at radius 2 is 1.59 bits per heavy atom. The van der Waals surface area contributed by atoms with Gasteiger partial charge in [-0.05, 0) is 12.1 Å². The standard InChI is InChI=1S/C22H22Cl2FN7O12P2/c23-7-1-9-10(2-8(7)24)31(5-27-9)21-17-15(33)11(41-21)3-39-45(35,36)43-16-12(4-40-46(37,38)44-17)42-20(13(16)25)32-6-28-14-18(32)29-22(26)30-19(14)34/h1-2,5-6,11-13,15-17,20-21,33H,3-4H2,(H,35,36)(H,37,38)(H3,26,29,30,34). The van der Waals surface area contributed by atoms with Crippen LogP contribution in [-0.4, -0.2) is 93.9 Å². The number of imidazole rings is 2. The van der Waals surface area contributed by atoms with Crippen molar-refractivity contribution in [3.63, 3.8) is 0 Å². The molecular weight excluding hydrogens is 706 g/mol. The molecule has 0 amide bonds. The average molecular weight is 728 g/mol. The lowest BCUT2D eigenvalue weighted by atomic mass is 10.1.